The molecule has 0 unspecified atom stereocenters. The van der Waals surface area contributed by atoms with E-state index in [1.165, 1.54) is 6.07 Å². The van der Waals surface area contributed by atoms with Crippen molar-refractivity contribution < 1.29 is 9.13 Å². The Labute approximate surface area is 124 Å². The summed E-state index contributed by atoms with van der Waals surface area (Å²) in [7, 11) is 3.62. The van der Waals surface area contributed by atoms with Crippen molar-refractivity contribution in [2.45, 2.75) is 13.1 Å². The SMILES string of the molecule is COc1cccc(CN(C)Cc2ccc(F)c(C#N)c2)c1. The molecule has 4 heteroatoms. The van der Waals surface area contributed by atoms with E-state index in [-0.39, 0.29) is 5.56 Å². The molecule has 0 aliphatic heterocycles. The second kappa shape index (κ2) is 6.87. The van der Waals surface area contributed by atoms with Gasteiger partial charge in [-0.2, -0.15) is 5.26 Å². The van der Waals surface area contributed by atoms with Crippen molar-refractivity contribution in [1.29, 1.82) is 5.26 Å². The van der Waals surface area contributed by atoms with Gasteiger partial charge in [0, 0.05) is 13.1 Å². The molecule has 2 rings (SSSR count). The third kappa shape index (κ3) is 4.04. The van der Waals surface area contributed by atoms with E-state index >= 15 is 0 Å². The van der Waals surface area contributed by atoms with Crippen molar-refractivity contribution in [2.75, 3.05) is 14.2 Å². The molecule has 0 radical (unpaired) electrons. The molecular weight excluding hydrogens is 267 g/mol. The number of nitriles is 1. The van der Waals surface area contributed by atoms with Gasteiger partial charge in [0.15, 0.2) is 0 Å². The van der Waals surface area contributed by atoms with Crippen molar-refractivity contribution in [3.63, 3.8) is 0 Å². The molecule has 0 aliphatic rings. The van der Waals surface area contributed by atoms with Gasteiger partial charge in [-0.1, -0.05) is 18.2 Å². The maximum Gasteiger partial charge on any atom is 0.140 e. The van der Waals surface area contributed by atoms with Crippen molar-refractivity contribution >= 4 is 0 Å². The largest absolute Gasteiger partial charge is 0.497 e. The molecule has 2 aromatic rings. The zero-order valence-electron chi connectivity index (χ0n) is 12.1. The Kier molecular flexibility index (Phi) is 4.91. The summed E-state index contributed by atoms with van der Waals surface area (Å²) in [5, 5.41) is 8.85. The van der Waals surface area contributed by atoms with Crippen molar-refractivity contribution in [1.82, 2.24) is 4.90 Å². The summed E-state index contributed by atoms with van der Waals surface area (Å²) in [6.45, 7) is 1.39. The molecule has 0 aromatic heterocycles. The predicted molar refractivity (Wildman–Crippen MR) is 79.3 cm³/mol. The van der Waals surface area contributed by atoms with Gasteiger partial charge in [-0.25, -0.2) is 4.39 Å². The number of hydrogen-bond donors (Lipinski definition) is 0. The Morgan fingerprint density at radius 1 is 1.14 bits per heavy atom. The summed E-state index contributed by atoms with van der Waals surface area (Å²) in [4.78, 5) is 2.10. The molecule has 21 heavy (non-hydrogen) atoms. The van der Waals surface area contributed by atoms with Gasteiger partial charge in [0.2, 0.25) is 0 Å². The van der Waals surface area contributed by atoms with Crippen LogP contribution in [0.2, 0.25) is 0 Å². The zero-order chi connectivity index (χ0) is 15.2. The summed E-state index contributed by atoms with van der Waals surface area (Å²) in [6.07, 6.45) is 0. The molecule has 0 N–H and O–H groups in total. The van der Waals surface area contributed by atoms with Crippen LogP contribution in [-0.2, 0) is 13.1 Å². The molecule has 108 valence electrons. The number of halogens is 1. The summed E-state index contributed by atoms with van der Waals surface area (Å²) >= 11 is 0. The van der Waals surface area contributed by atoms with E-state index in [0.29, 0.717) is 6.54 Å². The Morgan fingerprint density at radius 2 is 1.86 bits per heavy atom. The van der Waals surface area contributed by atoms with Gasteiger partial charge in [-0.15, -0.1) is 0 Å². The van der Waals surface area contributed by atoms with Crippen LogP contribution in [-0.4, -0.2) is 19.1 Å². The number of methoxy groups -OCH3 is 1. The molecule has 0 saturated carbocycles. The third-order valence-electron chi connectivity index (χ3n) is 3.19. The minimum atomic E-state index is -0.475. The number of benzene rings is 2. The topological polar surface area (TPSA) is 36.3 Å². The molecule has 3 nitrogen and oxygen atoms in total. The fourth-order valence-electron chi connectivity index (χ4n) is 2.21. The highest BCUT2D eigenvalue weighted by molar-refractivity contribution is 5.34. The van der Waals surface area contributed by atoms with Crippen LogP contribution in [0.3, 0.4) is 0 Å². The Morgan fingerprint density at radius 3 is 2.52 bits per heavy atom. The van der Waals surface area contributed by atoms with E-state index in [2.05, 4.69) is 4.90 Å². The maximum atomic E-state index is 13.3. The normalized spacial score (nSPS) is 10.4. The van der Waals surface area contributed by atoms with Gasteiger partial charge in [0.05, 0.1) is 12.7 Å². The Bertz CT molecular complexity index is 664. The minimum absolute atomic E-state index is 0.0854. The first-order chi connectivity index (χ1) is 10.1. The Balaban J connectivity index is 2.04. The molecule has 0 spiro atoms. The van der Waals surface area contributed by atoms with E-state index < -0.39 is 5.82 Å². The third-order valence-corrected chi connectivity index (χ3v) is 3.19. The highest BCUT2D eigenvalue weighted by atomic mass is 19.1. The molecule has 0 fully saturated rings. The lowest BCUT2D eigenvalue weighted by Crippen LogP contribution is -2.17. The maximum absolute atomic E-state index is 13.3. The van der Waals surface area contributed by atoms with Gasteiger partial charge in [-0.05, 0) is 42.4 Å². The first-order valence-electron chi connectivity index (χ1n) is 6.62. The summed E-state index contributed by atoms with van der Waals surface area (Å²) in [6, 6.07) is 14.4. The lowest BCUT2D eigenvalue weighted by atomic mass is 10.1. The highest BCUT2D eigenvalue weighted by Crippen LogP contribution is 2.16. The average molecular weight is 284 g/mol. The van der Waals surface area contributed by atoms with Crippen molar-refractivity contribution in [3.8, 4) is 11.8 Å². The van der Waals surface area contributed by atoms with Gasteiger partial charge >= 0.3 is 0 Å². The van der Waals surface area contributed by atoms with E-state index in [1.807, 2.05) is 37.4 Å². The van der Waals surface area contributed by atoms with Gasteiger partial charge < -0.3 is 4.74 Å². The number of nitrogens with zero attached hydrogens (tertiary/aromatic N) is 2. The second-order valence-electron chi connectivity index (χ2n) is 4.95. The first-order valence-corrected chi connectivity index (χ1v) is 6.62. The van der Waals surface area contributed by atoms with Crippen molar-refractivity contribution in [2.24, 2.45) is 0 Å². The highest BCUT2D eigenvalue weighted by Gasteiger charge is 2.06. The summed E-state index contributed by atoms with van der Waals surface area (Å²) in [5.41, 5.74) is 2.14. The van der Waals surface area contributed by atoms with Crippen LogP contribution in [0.1, 0.15) is 16.7 Å². The fourth-order valence-corrected chi connectivity index (χ4v) is 2.21. The van der Waals surface area contributed by atoms with Crippen LogP contribution in [0, 0.1) is 17.1 Å². The molecule has 0 atom stereocenters. The minimum Gasteiger partial charge on any atom is -0.497 e. The monoisotopic (exact) mass is 284 g/mol. The molecule has 0 bridgehead atoms. The fraction of sp³-hybridized carbons (Fsp3) is 0.235. The number of ether oxygens (including phenoxy) is 1. The lowest BCUT2D eigenvalue weighted by molar-refractivity contribution is 0.318. The van der Waals surface area contributed by atoms with Crippen LogP contribution < -0.4 is 4.74 Å². The van der Waals surface area contributed by atoms with Gasteiger partial charge in [0.1, 0.15) is 17.6 Å². The summed E-state index contributed by atoms with van der Waals surface area (Å²) < 4.78 is 18.5. The quantitative estimate of drug-likeness (QED) is 0.845. The van der Waals surface area contributed by atoms with Crippen LogP contribution in [0.15, 0.2) is 42.5 Å². The van der Waals surface area contributed by atoms with Gasteiger partial charge in [-0.3, -0.25) is 4.90 Å². The number of hydrogen-bond acceptors (Lipinski definition) is 3. The summed E-state index contributed by atoms with van der Waals surface area (Å²) in [5.74, 6) is 0.353. The van der Waals surface area contributed by atoms with E-state index in [9.17, 15) is 4.39 Å². The first kappa shape index (κ1) is 15.0. The molecule has 0 saturated heterocycles. The second-order valence-corrected chi connectivity index (χ2v) is 4.95. The van der Waals surface area contributed by atoms with E-state index in [1.54, 1.807) is 19.2 Å². The Hall–Kier alpha value is -2.38. The van der Waals surface area contributed by atoms with Crippen LogP contribution in [0.25, 0.3) is 0 Å². The molecule has 2 aromatic carbocycles. The molecular formula is C17H17FN2O. The molecule has 0 heterocycles. The van der Waals surface area contributed by atoms with Crippen molar-refractivity contribution in [3.05, 3.63) is 65.0 Å². The van der Waals surface area contributed by atoms with Crippen LogP contribution >= 0.6 is 0 Å². The molecule has 0 aliphatic carbocycles. The zero-order valence-corrected chi connectivity index (χ0v) is 12.1. The van der Waals surface area contributed by atoms with Crippen LogP contribution in [0.4, 0.5) is 4.39 Å². The van der Waals surface area contributed by atoms with Gasteiger partial charge in [0.25, 0.3) is 0 Å². The van der Waals surface area contributed by atoms with E-state index in [4.69, 9.17) is 10.00 Å². The van der Waals surface area contributed by atoms with E-state index in [0.717, 1.165) is 23.4 Å². The molecule has 0 amide bonds. The smallest absolute Gasteiger partial charge is 0.140 e. The predicted octanol–water partition coefficient (Wildman–Crippen LogP) is 3.34. The average Bonchev–Trinajstić information content (AvgIpc) is 2.49. The van der Waals surface area contributed by atoms with Crippen LogP contribution in [0.5, 0.6) is 5.75 Å². The lowest BCUT2D eigenvalue weighted by Gasteiger charge is -2.17. The number of rotatable bonds is 5. The standard InChI is InChI=1S/C17H17FN2O/c1-20(11-13-4-3-5-16(9-13)21-2)12-14-6-7-17(18)15(8-14)10-19/h3-9H,11-12H2,1-2H3.